The average molecular weight is 498 g/mol. The van der Waals surface area contributed by atoms with Crippen LogP contribution in [-0.2, 0) is 5.41 Å². The highest BCUT2D eigenvalue weighted by atomic mass is 16.5. The van der Waals surface area contributed by atoms with Gasteiger partial charge in [0.25, 0.3) is 5.91 Å². The number of hydrogen-bond donors (Lipinski definition) is 2. The van der Waals surface area contributed by atoms with Gasteiger partial charge in [-0.1, -0.05) is 32.9 Å². The number of aromatic nitrogens is 3. The third kappa shape index (κ3) is 5.86. The van der Waals surface area contributed by atoms with Crippen LogP contribution in [0.4, 0.5) is 11.6 Å². The molecule has 8 heteroatoms. The van der Waals surface area contributed by atoms with Crippen molar-refractivity contribution in [2.75, 3.05) is 24.8 Å². The first-order valence-electron chi connectivity index (χ1n) is 11.9. The first-order valence-corrected chi connectivity index (χ1v) is 11.9. The molecule has 0 saturated carbocycles. The molecule has 8 nitrogen and oxygen atoms in total. The van der Waals surface area contributed by atoms with Gasteiger partial charge in [-0.25, -0.2) is 15.0 Å². The quantitative estimate of drug-likeness (QED) is 0.312. The number of anilines is 2. The maximum absolute atomic E-state index is 13.3. The zero-order valence-electron chi connectivity index (χ0n) is 21.9. The van der Waals surface area contributed by atoms with Gasteiger partial charge in [0.1, 0.15) is 11.5 Å². The summed E-state index contributed by atoms with van der Waals surface area (Å²) in [6, 6.07) is 16.6. The number of carbonyl (C=O) groups is 1. The summed E-state index contributed by atoms with van der Waals surface area (Å²) in [5.74, 6) is 1.71. The van der Waals surface area contributed by atoms with Gasteiger partial charge < -0.3 is 20.1 Å². The minimum Gasteiger partial charge on any atom is -0.495 e. The molecule has 190 valence electrons. The lowest BCUT2D eigenvalue weighted by Gasteiger charge is -2.21. The van der Waals surface area contributed by atoms with Crippen LogP contribution >= 0.6 is 0 Å². The largest absolute Gasteiger partial charge is 0.495 e. The summed E-state index contributed by atoms with van der Waals surface area (Å²) in [7, 11) is 3.34. The van der Waals surface area contributed by atoms with Gasteiger partial charge in [0.05, 0.1) is 24.1 Å². The fraction of sp³-hybridized carbons (Fsp3) is 0.241. The van der Waals surface area contributed by atoms with Crippen LogP contribution in [0, 0.1) is 6.92 Å². The molecule has 0 bridgehead atoms. The molecule has 4 rings (SSSR count). The molecule has 2 aromatic carbocycles. The summed E-state index contributed by atoms with van der Waals surface area (Å²) in [5, 5.41) is 5.93. The van der Waals surface area contributed by atoms with E-state index in [4.69, 9.17) is 9.47 Å². The Labute approximate surface area is 217 Å². The number of nitrogens with zero attached hydrogens (tertiary/aromatic N) is 3. The standard InChI is InChI=1S/C29H31N5O3/c1-18-9-10-19(26(35)33-23-17-20(29(2,3)4)11-12-24(23)36-6)16-25(18)37-27-21(8-7-14-31-27)22-13-15-32-28(30-5)34-22/h7-17H,1-6H3,(H,33,35)(H,30,32,34). The number of amides is 1. The van der Waals surface area contributed by atoms with E-state index in [0.717, 1.165) is 11.1 Å². The zero-order valence-corrected chi connectivity index (χ0v) is 21.9. The van der Waals surface area contributed by atoms with E-state index < -0.39 is 0 Å². The summed E-state index contributed by atoms with van der Waals surface area (Å²) in [4.78, 5) is 26.4. The molecule has 2 N–H and O–H groups in total. The van der Waals surface area contributed by atoms with Gasteiger partial charge in [0.2, 0.25) is 11.8 Å². The average Bonchev–Trinajstić information content (AvgIpc) is 2.89. The lowest BCUT2D eigenvalue weighted by Crippen LogP contribution is -2.15. The van der Waals surface area contributed by atoms with Gasteiger partial charge in [0, 0.05) is 25.0 Å². The number of nitrogens with one attached hydrogen (secondary N) is 2. The molecule has 0 saturated heterocycles. The van der Waals surface area contributed by atoms with Crippen LogP contribution in [0.5, 0.6) is 17.4 Å². The lowest BCUT2D eigenvalue weighted by molar-refractivity contribution is 0.102. The van der Waals surface area contributed by atoms with E-state index in [1.54, 1.807) is 44.8 Å². The molecule has 0 unspecified atom stereocenters. The fourth-order valence-electron chi connectivity index (χ4n) is 3.72. The Morgan fingerprint density at radius 1 is 0.946 bits per heavy atom. The minimum atomic E-state index is -0.273. The Kier molecular flexibility index (Phi) is 7.38. The molecule has 1 amide bonds. The van der Waals surface area contributed by atoms with E-state index in [1.807, 2.05) is 43.3 Å². The number of rotatable bonds is 7. The zero-order chi connectivity index (χ0) is 26.6. The number of ether oxygens (including phenoxy) is 2. The summed E-state index contributed by atoms with van der Waals surface area (Å²) in [5.41, 5.74) is 4.30. The molecule has 0 aliphatic carbocycles. The molecule has 0 spiro atoms. The van der Waals surface area contributed by atoms with Crippen LogP contribution in [0.15, 0.2) is 67.0 Å². The normalized spacial score (nSPS) is 11.1. The molecule has 0 atom stereocenters. The second-order valence-corrected chi connectivity index (χ2v) is 9.57. The summed E-state index contributed by atoms with van der Waals surface area (Å²) < 4.78 is 11.7. The summed E-state index contributed by atoms with van der Waals surface area (Å²) in [6.07, 6.45) is 3.32. The van der Waals surface area contributed by atoms with Crippen LogP contribution in [0.2, 0.25) is 0 Å². The first kappa shape index (κ1) is 25.6. The van der Waals surface area contributed by atoms with Crippen LogP contribution in [0.3, 0.4) is 0 Å². The van der Waals surface area contributed by atoms with E-state index in [1.165, 1.54) is 0 Å². The molecule has 2 heterocycles. The number of aryl methyl sites for hydroxylation is 1. The van der Waals surface area contributed by atoms with Crippen molar-refractivity contribution < 1.29 is 14.3 Å². The predicted molar refractivity (Wildman–Crippen MR) is 146 cm³/mol. The van der Waals surface area contributed by atoms with Crippen molar-refractivity contribution in [2.24, 2.45) is 0 Å². The highest BCUT2D eigenvalue weighted by molar-refractivity contribution is 6.05. The molecule has 37 heavy (non-hydrogen) atoms. The molecule has 0 fully saturated rings. The number of methoxy groups -OCH3 is 1. The van der Waals surface area contributed by atoms with Crippen molar-refractivity contribution >= 4 is 17.5 Å². The smallest absolute Gasteiger partial charge is 0.255 e. The van der Waals surface area contributed by atoms with Crippen LogP contribution < -0.4 is 20.1 Å². The van der Waals surface area contributed by atoms with Gasteiger partial charge in [-0.3, -0.25) is 4.79 Å². The Balaban J connectivity index is 1.63. The summed E-state index contributed by atoms with van der Waals surface area (Å²) >= 11 is 0. The van der Waals surface area contributed by atoms with Crippen molar-refractivity contribution in [1.29, 1.82) is 0 Å². The highest BCUT2D eigenvalue weighted by Gasteiger charge is 2.19. The molecule has 2 aromatic heterocycles. The molecule has 0 aliphatic heterocycles. The topological polar surface area (TPSA) is 98.3 Å². The van der Waals surface area contributed by atoms with Crippen LogP contribution in [0.1, 0.15) is 42.3 Å². The highest BCUT2D eigenvalue weighted by Crippen LogP contribution is 2.34. The van der Waals surface area contributed by atoms with E-state index in [0.29, 0.717) is 45.8 Å². The van der Waals surface area contributed by atoms with Gasteiger partial charge in [-0.15, -0.1) is 0 Å². The molecule has 4 aromatic rings. The number of hydrogen-bond acceptors (Lipinski definition) is 7. The molecular weight excluding hydrogens is 466 g/mol. The van der Waals surface area contributed by atoms with Crippen molar-refractivity contribution in [3.8, 4) is 28.6 Å². The van der Waals surface area contributed by atoms with Gasteiger partial charge in [-0.2, -0.15) is 0 Å². The Bertz CT molecular complexity index is 1430. The SMILES string of the molecule is CNc1nccc(-c2cccnc2Oc2cc(C(=O)Nc3cc(C(C)(C)C)ccc3OC)ccc2C)n1. The number of benzene rings is 2. The minimum absolute atomic E-state index is 0.0748. The van der Waals surface area contributed by atoms with E-state index >= 15 is 0 Å². The van der Waals surface area contributed by atoms with Crippen molar-refractivity contribution in [2.45, 2.75) is 33.1 Å². The maximum atomic E-state index is 13.3. The van der Waals surface area contributed by atoms with Gasteiger partial charge in [0.15, 0.2) is 0 Å². The predicted octanol–water partition coefficient (Wildman–Crippen LogP) is 6.24. The van der Waals surface area contributed by atoms with Crippen LogP contribution in [0.25, 0.3) is 11.3 Å². The first-order chi connectivity index (χ1) is 17.7. The van der Waals surface area contributed by atoms with E-state index in [-0.39, 0.29) is 11.3 Å². The third-order valence-electron chi connectivity index (χ3n) is 5.90. The second-order valence-electron chi connectivity index (χ2n) is 9.57. The van der Waals surface area contributed by atoms with Crippen molar-refractivity contribution in [3.05, 3.63) is 83.7 Å². The Morgan fingerprint density at radius 3 is 2.49 bits per heavy atom. The summed E-state index contributed by atoms with van der Waals surface area (Å²) in [6.45, 7) is 8.28. The van der Waals surface area contributed by atoms with E-state index in [9.17, 15) is 4.79 Å². The second kappa shape index (κ2) is 10.7. The monoisotopic (exact) mass is 497 g/mol. The van der Waals surface area contributed by atoms with Gasteiger partial charge in [-0.05, 0) is 65.9 Å². The molecule has 0 radical (unpaired) electrons. The van der Waals surface area contributed by atoms with Crippen molar-refractivity contribution in [1.82, 2.24) is 15.0 Å². The fourth-order valence-corrected chi connectivity index (χ4v) is 3.72. The van der Waals surface area contributed by atoms with Crippen molar-refractivity contribution in [3.63, 3.8) is 0 Å². The molecule has 0 aliphatic rings. The van der Waals surface area contributed by atoms with Crippen LogP contribution in [-0.4, -0.2) is 35.0 Å². The number of carbonyl (C=O) groups excluding carboxylic acids is 1. The van der Waals surface area contributed by atoms with E-state index in [2.05, 4.69) is 46.4 Å². The lowest BCUT2D eigenvalue weighted by atomic mass is 9.87. The maximum Gasteiger partial charge on any atom is 0.255 e. The Hall–Kier alpha value is -4.46. The molecular formula is C29H31N5O3. The number of pyridine rings is 1. The van der Waals surface area contributed by atoms with Gasteiger partial charge >= 0.3 is 0 Å². The third-order valence-corrected chi connectivity index (χ3v) is 5.90. The Morgan fingerprint density at radius 2 is 1.76 bits per heavy atom.